The summed E-state index contributed by atoms with van der Waals surface area (Å²) in [7, 11) is -2.37. The predicted molar refractivity (Wildman–Crippen MR) is 113 cm³/mol. The molecule has 30 heavy (non-hydrogen) atoms. The van der Waals surface area contributed by atoms with Crippen LogP contribution in [0.15, 0.2) is 47.4 Å². The van der Waals surface area contributed by atoms with Crippen LogP contribution in [-0.2, 0) is 26.0 Å². The molecule has 0 spiro atoms. The molecule has 162 valence electrons. The van der Waals surface area contributed by atoms with Crippen molar-refractivity contribution in [3.8, 4) is 11.5 Å². The molecule has 2 aromatic carbocycles. The van der Waals surface area contributed by atoms with Gasteiger partial charge < -0.3 is 19.5 Å². The average molecular weight is 435 g/mol. The number of carbonyl (C=O) groups is 1. The summed E-state index contributed by atoms with van der Waals surface area (Å²) in [6.07, 6.45) is 0.871. The zero-order valence-corrected chi connectivity index (χ0v) is 17.9. The number of anilines is 1. The van der Waals surface area contributed by atoms with Crippen LogP contribution >= 0.6 is 0 Å². The summed E-state index contributed by atoms with van der Waals surface area (Å²) in [6.45, 7) is 3.07. The minimum atomic E-state index is -3.78. The number of sulfonamides is 1. The van der Waals surface area contributed by atoms with Gasteiger partial charge in [-0.3, -0.25) is 4.79 Å². The summed E-state index contributed by atoms with van der Waals surface area (Å²) in [4.78, 5) is 12.3. The number of nitrogens with one attached hydrogen (secondary N) is 1. The van der Waals surface area contributed by atoms with E-state index in [9.17, 15) is 13.2 Å². The van der Waals surface area contributed by atoms with Crippen LogP contribution in [0.1, 0.15) is 12.5 Å². The molecule has 0 saturated carbocycles. The highest BCUT2D eigenvalue weighted by molar-refractivity contribution is 7.89. The molecule has 1 N–H and O–H groups in total. The number of methoxy groups -OCH3 is 1. The van der Waals surface area contributed by atoms with E-state index in [4.69, 9.17) is 14.2 Å². The topological polar surface area (TPSA) is 94.2 Å². The lowest BCUT2D eigenvalue weighted by molar-refractivity contribution is -0.118. The van der Waals surface area contributed by atoms with Crippen LogP contribution in [0, 0.1) is 0 Å². The lowest BCUT2D eigenvalue weighted by Crippen LogP contribution is -2.40. The number of benzene rings is 2. The van der Waals surface area contributed by atoms with E-state index in [-0.39, 0.29) is 30.3 Å². The van der Waals surface area contributed by atoms with Crippen molar-refractivity contribution >= 4 is 21.6 Å². The molecule has 1 heterocycles. The first-order valence-electron chi connectivity index (χ1n) is 9.71. The number of hydrogen-bond acceptors (Lipinski definition) is 6. The second-order valence-corrected chi connectivity index (χ2v) is 8.63. The van der Waals surface area contributed by atoms with Gasteiger partial charge in [-0.15, -0.1) is 0 Å². The highest BCUT2D eigenvalue weighted by Crippen LogP contribution is 2.30. The minimum absolute atomic E-state index is 0.00117. The minimum Gasteiger partial charge on any atom is -0.495 e. The first-order chi connectivity index (χ1) is 14.4. The van der Waals surface area contributed by atoms with Gasteiger partial charge in [-0.1, -0.05) is 19.1 Å². The molecule has 1 aliphatic heterocycles. The van der Waals surface area contributed by atoms with Crippen LogP contribution in [0.5, 0.6) is 11.5 Å². The fourth-order valence-electron chi connectivity index (χ4n) is 3.08. The number of nitrogens with zero attached hydrogens (tertiary/aromatic N) is 1. The molecule has 0 aliphatic carbocycles. The number of aryl methyl sites for hydroxylation is 1. The number of amides is 1. The van der Waals surface area contributed by atoms with Crippen molar-refractivity contribution in [1.29, 1.82) is 0 Å². The maximum Gasteiger partial charge on any atom is 0.262 e. The highest BCUT2D eigenvalue weighted by atomic mass is 32.2. The Hall–Kier alpha value is -2.62. The number of rotatable bonds is 8. The highest BCUT2D eigenvalue weighted by Gasteiger charge is 2.29. The van der Waals surface area contributed by atoms with Gasteiger partial charge in [0, 0.05) is 18.8 Å². The summed E-state index contributed by atoms with van der Waals surface area (Å²) in [5.74, 6) is 0.429. The van der Waals surface area contributed by atoms with Crippen molar-refractivity contribution in [2.24, 2.45) is 0 Å². The molecule has 1 saturated heterocycles. The van der Waals surface area contributed by atoms with Gasteiger partial charge in [-0.25, -0.2) is 8.42 Å². The zero-order valence-electron chi connectivity index (χ0n) is 17.1. The first kappa shape index (κ1) is 22.1. The molecule has 8 nitrogen and oxygen atoms in total. The third kappa shape index (κ3) is 5.29. The molecule has 0 radical (unpaired) electrons. The Kier molecular flexibility index (Phi) is 7.30. The van der Waals surface area contributed by atoms with Crippen LogP contribution in [0.4, 0.5) is 5.69 Å². The summed E-state index contributed by atoms with van der Waals surface area (Å²) in [5, 5.41) is 2.68. The van der Waals surface area contributed by atoms with Gasteiger partial charge in [-0.05, 0) is 42.3 Å². The van der Waals surface area contributed by atoms with Gasteiger partial charge in [0.25, 0.3) is 5.91 Å². The maximum atomic E-state index is 13.0. The lowest BCUT2D eigenvalue weighted by atomic mass is 10.2. The third-order valence-corrected chi connectivity index (χ3v) is 6.63. The Morgan fingerprint density at radius 1 is 1.17 bits per heavy atom. The molecule has 9 heteroatoms. The molecule has 0 bridgehead atoms. The molecular formula is C21H26N2O6S. The fourth-order valence-corrected chi connectivity index (χ4v) is 4.67. The molecule has 0 unspecified atom stereocenters. The molecule has 1 aliphatic rings. The van der Waals surface area contributed by atoms with E-state index in [1.54, 1.807) is 12.1 Å². The number of morpholine rings is 1. The largest absolute Gasteiger partial charge is 0.495 e. The van der Waals surface area contributed by atoms with Gasteiger partial charge in [0.2, 0.25) is 10.0 Å². The van der Waals surface area contributed by atoms with Gasteiger partial charge in [0.15, 0.2) is 6.61 Å². The van der Waals surface area contributed by atoms with Crippen molar-refractivity contribution in [2.45, 2.75) is 18.2 Å². The summed E-state index contributed by atoms with van der Waals surface area (Å²) < 4.78 is 43.4. The maximum absolute atomic E-state index is 13.0. The first-order valence-corrected chi connectivity index (χ1v) is 11.2. The number of carbonyl (C=O) groups excluding carboxylic acids is 1. The van der Waals surface area contributed by atoms with Crippen LogP contribution in [0.2, 0.25) is 0 Å². The van der Waals surface area contributed by atoms with Crippen LogP contribution in [0.25, 0.3) is 0 Å². The van der Waals surface area contributed by atoms with E-state index >= 15 is 0 Å². The van der Waals surface area contributed by atoms with Crippen molar-refractivity contribution < 1.29 is 27.4 Å². The number of hydrogen-bond donors (Lipinski definition) is 1. The predicted octanol–water partition coefficient (Wildman–Crippen LogP) is 2.30. The Labute approximate surface area is 176 Å². The molecule has 1 fully saturated rings. The zero-order chi connectivity index (χ0) is 21.6. The molecular weight excluding hydrogens is 408 g/mol. The van der Waals surface area contributed by atoms with Crippen molar-refractivity contribution in [1.82, 2.24) is 4.31 Å². The van der Waals surface area contributed by atoms with Crippen LogP contribution in [-0.4, -0.2) is 58.7 Å². The second kappa shape index (κ2) is 9.92. The lowest BCUT2D eigenvalue weighted by Gasteiger charge is -2.26. The van der Waals surface area contributed by atoms with Gasteiger partial charge >= 0.3 is 0 Å². The molecule has 3 rings (SSSR count). The Bertz CT molecular complexity index is 987. The monoisotopic (exact) mass is 434 g/mol. The van der Waals surface area contributed by atoms with Crippen molar-refractivity contribution in [3.63, 3.8) is 0 Å². The van der Waals surface area contributed by atoms with E-state index in [0.29, 0.717) is 24.7 Å². The molecule has 1 amide bonds. The SMILES string of the molecule is CCc1cccc(OCC(=O)Nc2ccc(OC)c(S(=O)(=O)N3CCOCC3)c2)c1. The van der Waals surface area contributed by atoms with E-state index < -0.39 is 15.9 Å². The van der Waals surface area contributed by atoms with Crippen molar-refractivity contribution in [3.05, 3.63) is 48.0 Å². The standard InChI is InChI=1S/C21H26N2O6S/c1-3-16-5-4-6-18(13-16)29-15-21(24)22-17-7-8-19(27-2)20(14-17)30(25,26)23-9-11-28-12-10-23/h4-8,13-14H,3,9-12,15H2,1-2H3,(H,22,24). The van der Waals surface area contributed by atoms with E-state index in [1.807, 2.05) is 25.1 Å². The van der Waals surface area contributed by atoms with E-state index in [1.165, 1.54) is 23.5 Å². The molecule has 2 aromatic rings. The Balaban J connectivity index is 1.71. The van der Waals surface area contributed by atoms with E-state index in [0.717, 1.165) is 12.0 Å². The Morgan fingerprint density at radius 3 is 2.63 bits per heavy atom. The average Bonchev–Trinajstić information content (AvgIpc) is 2.78. The summed E-state index contributed by atoms with van der Waals surface area (Å²) in [5.41, 5.74) is 1.46. The number of ether oxygens (including phenoxy) is 3. The Morgan fingerprint density at radius 2 is 1.93 bits per heavy atom. The second-order valence-electron chi connectivity index (χ2n) is 6.72. The summed E-state index contributed by atoms with van der Waals surface area (Å²) >= 11 is 0. The molecule has 0 aromatic heterocycles. The van der Waals surface area contributed by atoms with Crippen LogP contribution in [0.3, 0.4) is 0 Å². The third-order valence-electron chi connectivity index (χ3n) is 4.71. The van der Waals surface area contributed by atoms with Crippen molar-refractivity contribution in [2.75, 3.05) is 45.3 Å². The quantitative estimate of drug-likeness (QED) is 0.685. The van der Waals surface area contributed by atoms with Gasteiger partial charge in [-0.2, -0.15) is 4.31 Å². The normalized spacial score (nSPS) is 14.9. The van der Waals surface area contributed by atoms with Gasteiger partial charge in [0.1, 0.15) is 16.4 Å². The smallest absolute Gasteiger partial charge is 0.262 e. The van der Waals surface area contributed by atoms with Crippen LogP contribution < -0.4 is 14.8 Å². The molecule has 0 atom stereocenters. The fraction of sp³-hybridized carbons (Fsp3) is 0.381. The summed E-state index contributed by atoms with van der Waals surface area (Å²) in [6, 6.07) is 12.0. The van der Waals surface area contributed by atoms with Gasteiger partial charge in [0.05, 0.1) is 20.3 Å². The van der Waals surface area contributed by atoms with E-state index in [2.05, 4.69) is 5.32 Å².